The molecule has 0 unspecified atom stereocenters. The van der Waals surface area contributed by atoms with Crippen molar-refractivity contribution in [2.75, 3.05) is 6.54 Å². The minimum Gasteiger partial charge on any atom is -0.349 e. The molecule has 0 saturated heterocycles. The predicted octanol–water partition coefficient (Wildman–Crippen LogP) is 0.537. The molecule has 7 heteroatoms. The summed E-state index contributed by atoms with van der Waals surface area (Å²) in [7, 11) is 0. The largest absolute Gasteiger partial charge is 0.349 e. The average Bonchev–Trinajstić information content (AvgIpc) is 2.98. The minimum absolute atomic E-state index is 0.171. The quantitative estimate of drug-likeness (QED) is 0.826. The van der Waals surface area contributed by atoms with Gasteiger partial charge in [-0.1, -0.05) is 0 Å². The number of nitrogens with two attached hydrogens (primary N) is 1. The second-order valence-corrected chi connectivity index (χ2v) is 4.81. The van der Waals surface area contributed by atoms with E-state index in [1.165, 1.54) is 11.3 Å². The Kier molecular flexibility index (Phi) is 4.06. The first-order valence-electron chi connectivity index (χ1n) is 5.61. The summed E-state index contributed by atoms with van der Waals surface area (Å²) in [5, 5.41) is 9.42. The molecule has 96 valence electrons. The summed E-state index contributed by atoms with van der Waals surface area (Å²) in [6.45, 7) is 3.51. The van der Waals surface area contributed by atoms with Crippen molar-refractivity contribution < 1.29 is 4.79 Å². The number of rotatable bonds is 5. The average molecular weight is 265 g/mol. The number of carbonyl (C=O) groups is 1. The van der Waals surface area contributed by atoms with Crippen LogP contribution in [0.5, 0.6) is 0 Å². The molecule has 0 aromatic carbocycles. The molecular weight excluding hydrogens is 250 g/mol. The van der Waals surface area contributed by atoms with E-state index in [2.05, 4.69) is 15.4 Å². The lowest BCUT2D eigenvalue weighted by Crippen LogP contribution is -2.27. The molecule has 0 aliphatic carbocycles. The highest BCUT2D eigenvalue weighted by atomic mass is 32.1. The number of aromatic nitrogens is 3. The number of hydrogen-bond donors (Lipinski definition) is 2. The van der Waals surface area contributed by atoms with Crippen molar-refractivity contribution in [1.29, 1.82) is 0 Å². The monoisotopic (exact) mass is 265 g/mol. The molecule has 0 fully saturated rings. The molecule has 0 radical (unpaired) electrons. The SMILES string of the molecule is Cc1cnn(CCNC(=O)c2csc(CN)n2)c1. The van der Waals surface area contributed by atoms with Crippen LogP contribution in [-0.4, -0.2) is 27.2 Å². The standard InChI is InChI=1S/C11H15N5OS/c1-8-5-14-16(6-8)3-2-13-11(17)9-7-18-10(4-12)15-9/h5-7H,2-4,12H2,1H3,(H,13,17). The van der Waals surface area contributed by atoms with Crippen LogP contribution in [0, 0.1) is 6.92 Å². The number of nitrogens with zero attached hydrogens (tertiary/aromatic N) is 3. The van der Waals surface area contributed by atoms with Gasteiger partial charge in [-0.25, -0.2) is 4.98 Å². The van der Waals surface area contributed by atoms with Gasteiger partial charge in [-0.3, -0.25) is 9.48 Å². The maximum absolute atomic E-state index is 11.7. The Hall–Kier alpha value is -1.73. The predicted molar refractivity (Wildman–Crippen MR) is 69.3 cm³/mol. The van der Waals surface area contributed by atoms with E-state index in [1.807, 2.05) is 13.1 Å². The fraction of sp³-hybridized carbons (Fsp3) is 0.364. The van der Waals surface area contributed by atoms with Gasteiger partial charge in [0.2, 0.25) is 0 Å². The van der Waals surface area contributed by atoms with E-state index in [9.17, 15) is 4.79 Å². The van der Waals surface area contributed by atoms with Crippen LogP contribution in [0.3, 0.4) is 0 Å². The summed E-state index contributed by atoms with van der Waals surface area (Å²) in [5.74, 6) is -0.171. The molecule has 18 heavy (non-hydrogen) atoms. The molecule has 0 bridgehead atoms. The summed E-state index contributed by atoms with van der Waals surface area (Å²) < 4.78 is 1.79. The van der Waals surface area contributed by atoms with E-state index in [1.54, 1.807) is 16.3 Å². The highest BCUT2D eigenvalue weighted by Gasteiger charge is 2.09. The molecule has 1 amide bonds. The molecule has 0 aliphatic rings. The van der Waals surface area contributed by atoms with Gasteiger partial charge in [-0.05, 0) is 12.5 Å². The van der Waals surface area contributed by atoms with Gasteiger partial charge in [0, 0.05) is 24.7 Å². The lowest BCUT2D eigenvalue weighted by atomic mass is 10.4. The summed E-state index contributed by atoms with van der Waals surface area (Å²) in [6, 6.07) is 0. The fourth-order valence-corrected chi connectivity index (χ4v) is 2.13. The zero-order valence-corrected chi connectivity index (χ0v) is 10.9. The lowest BCUT2D eigenvalue weighted by molar-refractivity contribution is 0.0947. The van der Waals surface area contributed by atoms with Crippen LogP contribution in [0.15, 0.2) is 17.8 Å². The third-order valence-electron chi connectivity index (χ3n) is 2.35. The third-order valence-corrected chi connectivity index (χ3v) is 3.22. The Labute approximate surface area is 109 Å². The number of aryl methyl sites for hydroxylation is 1. The zero-order valence-electron chi connectivity index (χ0n) is 10.1. The van der Waals surface area contributed by atoms with Gasteiger partial charge in [0.05, 0.1) is 12.7 Å². The molecule has 2 aromatic rings. The van der Waals surface area contributed by atoms with Crippen LogP contribution in [0.2, 0.25) is 0 Å². The lowest BCUT2D eigenvalue weighted by Gasteiger charge is -2.03. The Morgan fingerprint density at radius 3 is 3.06 bits per heavy atom. The number of thiazole rings is 1. The van der Waals surface area contributed by atoms with Crippen molar-refractivity contribution in [2.24, 2.45) is 5.73 Å². The van der Waals surface area contributed by atoms with Crippen LogP contribution in [-0.2, 0) is 13.1 Å². The van der Waals surface area contributed by atoms with Crippen LogP contribution in [0.1, 0.15) is 21.1 Å². The molecule has 0 spiro atoms. The van der Waals surface area contributed by atoms with Gasteiger partial charge < -0.3 is 11.1 Å². The highest BCUT2D eigenvalue weighted by Crippen LogP contribution is 2.08. The van der Waals surface area contributed by atoms with Gasteiger partial charge in [0.25, 0.3) is 5.91 Å². The fourth-order valence-electron chi connectivity index (χ4n) is 1.47. The van der Waals surface area contributed by atoms with E-state index in [4.69, 9.17) is 5.73 Å². The maximum Gasteiger partial charge on any atom is 0.270 e. The Morgan fingerprint density at radius 2 is 2.44 bits per heavy atom. The van der Waals surface area contributed by atoms with Crippen molar-refractivity contribution in [2.45, 2.75) is 20.0 Å². The number of amides is 1. The maximum atomic E-state index is 11.7. The Morgan fingerprint density at radius 1 is 1.61 bits per heavy atom. The molecule has 2 aromatic heterocycles. The van der Waals surface area contributed by atoms with Crippen LogP contribution >= 0.6 is 11.3 Å². The third kappa shape index (κ3) is 3.14. The highest BCUT2D eigenvalue weighted by molar-refractivity contribution is 7.09. The van der Waals surface area contributed by atoms with Crippen molar-refractivity contribution in [3.8, 4) is 0 Å². The van der Waals surface area contributed by atoms with E-state index in [0.29, 0.717) is 25.3 Å². The molecule has 2 heterocycles. The topological polar surface area (TPSA) is 85.8 Å². The molecule has 0 aliphatic heterocycles. The first kappa shape index (κ1) is 12.7. The van der Waals surface area contributed by atoms with Gasteiger partial charge >= 0.3 is 0 Å². The minimum atomic E-state index is -0.171. The Balaban J connectivity index is 1.81. The number of hydrogen-bond acceptors (Lipinski definition) is 5. The molecule has 3 N–H and O–H groups in total. The molecule has 2 rings (SSSR count). The van der Waals surface area contributed by atoms with E-state index < -0.39 is 0 Å². The van der Waals surface area contributed by atoms with Crippen molar-refractivity contribution in [1.82, 2.24) is 20.1 Å². The van der Waals surface area contributed by atoms with Crippen molar-refractivity contribution in [3.63, 3.8) is 0 Å². The number of carbonyl (C=O) groups excluding carboxylic acids is 1. The normalized spacial score (nSPS) is 10.6. The van der Waals surface area contributed by atoms with Gasteiger partial charge in [-0.2, -0.15) is 5.10 Å². The second kappa shape index (κ2) is 5.74. The van der Waals surface area contributed by atoms with Gasteiger partial charge in [-0.15, -0.1) is 11.3 Å². The summed E-state index contributed by atoms with van der Waals surface area (Å²) in [5.41, 5.74) is 6.98. The van der Waals surface area contributed by atoms with Gasteiger partial charge in [0.15, 0.2) is 0 Å². The van der Waals surface area contributed by atoms with Crippen molar-refractivity contribution in [3.05, 3.63) is 34.0 Å². The van der Waals surface area contributed by atoms with Crippen LogP contribution in [0.4, 0.5) is 0 Å². The molecular formula is C11H15N5OS. The zero-order chi connectivity index (χ0) is 13.0. The molecule has 0 saturated carbocycles. The first-order chi connectivity index (χ1) is 8.69. The van der Waals surface area contributed by atoms with Gasteiger partial charge in [0.1, 0.15) is 10.7 Å². The molecule has 6 nitrogen and oxygen atoms in total. The Bertz CT molecular complexity index is 533. The molecule has 0 atom stereocenters. The summed E-state index contributed by atoms with van der Waals surface area (Å²) in [4.78, 5) is 15.8. The summed E-state index contributed by atoms with van der Waals surface area (Å²) in [6.07, 6.45) is 3.72. The van der Waals surface area contributed by atoms with Crippen molar-refractivity contribution >= 4 is 17.2 Å². The van der Waals surface area contributed by atoms with Crippen LogP contribution < -0.4 is 11.1 Å². The second-order valence-electron chi connectivity index (χ2n) is 3.87. The van der Waals surface area contributed by atoms with E-state index in [0.717, 1.165) is 10.6 Å². The first-order valence-corrected chi connectivity index (χ1v) is 6.48. The van der Waals surface area contributed by atoms with E-state index >= 15 is 0 Å². The smallest absolute Gasteiger partial charge is 0.270 e. The van der Waals surface area contributed by atoms with E-state index in [-0.39, 0.29) is 5.91 Å². The van der Waals surface area contributed by atoms with Crippen LogP contribution in [0.25, 0.3) is 0 Å². The summed E-state index contributed by atoms with van der Waals surface area (Å²) >= 11 is 1.40. The number of nitrogens with one attached hydrogen (secondary N) is 1.